The van der Waals surface area contributed by atoms with E-state index in [0.29, 0.717) is 34.6 Å². The van der Waals surface area contributed by atoms with E-state index in [1.807, 2.05) is 13.8 Å². The summed E-state index contributed by atoms with van der Waals surface area (Å²) in [5, 5.41) is 3.17. The highest BCUT2D eigenvalue weighted by molar-refractivity contribution is 7.16. The first-order valence-corrected chi connectivity index (χ1v) is 9.09. The van der Waals surface area contributed by atoms with Gasteiger partial charge < -0.3 is 14.8 Å². The Balaban J connectivity index is 2.13. The number of para-hydroxylation sites is 1. The van der Waals surface area contributed by atoms with Crippen LogP contribution in [0.1, 0.15) is 45.0 Å². The molecule has 0 aliphatic carbocycles. The van der Waals surface area contributed by atoms with Crippen molar-refractivity contribution >= 4 is 34.5 Å². The Morgan fingerprint density at radius 3 is 2.62 bits per heavy atom. The van der Waals surface area contributed by atoms with E-state index < -0.39 is 11.9 Å². The van der Waals surface area contributed by atoms with Gasteiger partial charge in [-0.3, -0.25) is 9.59 Å². The van der Waals surface area contributed by atoms with Crippen LogP contribution in [0, 0.1) is 6.92 Å². The van der Waals surface area contributed by atoms with Gasteiger partial charge in [0.1, 0.15) is 10.8 Å². The molecule has 0 saturated heterocycles. The lowest BCUT2D eigenvalue weighted by molar-refractivity contribution is -0.118. The van der Waals surface area contributed by atoms with Gasteiger partial charge in [0.2, 0.25) is 0 Å². The average molecular weight is 375 g/mol. The summed E-state index contributed by atoms with van der Waals surface area (Å²) >= 11 is 1.33. The molecule has 1 heterocycles. The summed E-state index contributed by atoms with van der Waals surface area (Å²) in [5.41, 5.74) is 1.64. The van der Waals surface area contributed by atoms with Crippen LogP contribution in [0.2, 0.25) is 0 Å². The third kappa shape index (κ3) is 4.49. The SMILES string of the molecule is CCOC(=O)c1c(NC(=O)COc2ccccc2C=O)sc(C)c1CC. The van der Waals surface area contributed by atoms with Crippen molar-refractivity contribution in [3.63, 3.8) is 0 Å². The Bertz CT molecular complexity index is 812. The predicted molar refractivity (Wildman–Crippen MR) is 100 cm³/mol. The van der Waals surface area contributed by atoms with E-state index in [2.05, 4.69) is 5.32 Å². The number of benzene rings is 1. The van der Waals surface area contributed by atoms with Gasteiger partial charge in [-0.05, 0) is 38.0 Å². The van der Waals surface area contributed by atoms with Crippen molar-refractivity contribution in [1.82, 2.24) is 0 Å². The number of hydrogen-bond donors (Lipinski definition) is 1. The van der Waals surface area contributed by atoms with Gasteiger partial charge in [0.25, 0.3) is 5.91 Å². The highest BCUT2D eigenvalue weighted by atomic mass is 32.1. The number of amides is 1. The fourth-order valence-electron chi connectivity index (χ4n) is 2.53. The molecule has 2 rings (SSSR count). The Labute approximate surface area is 156 Å². The topological polar surface area (TPSA) is 81.7 Å². The standard InChI is InChI=1S/C19H21NO5S/c1-4-14-12(3)26-18(17(14)19(23)24-5-2)20-16(22)11-25-15-9-7-6-8-13(15)10-21/h6-10H,4-5,11H2,1-3H3,(H,20,22). The van der Waals surface area contributed by atoms with Crippen LogP contribution < -0.4 is 10.1 Å². The monoisotopic (exact) mass is 375 g/mol. The molecule has 0 aliphatic heterocycles. The third-order valence-corrected chi connectivity index (χ3v) is 4.76. The maximum Gasteiger partial charge on any atom is 0.341 e. The third-order valence-electron chi connectivity index (χ3n) is 3.70. The number of rotatable bonds is 8. The Morgan fingerprint density at radius 1 is 1.23 bits per heavy atom. The van der Waals surface area contributed by atoms with E-state index >= 15 is 0 Å². The molecule has 0 unspecified atom stereocenters. The number of aryl methyl sites for hydroxylation is 1. The molecular weight excluding hydrogens is 354 g/mol. The lowest BCUT2D eigenvalue weighted by Gasteiger charge is -2.10. The molecule has 1 amide bonds. The van der Waals surface area contributed by atoms with Crippen LogP contribution >= 0.6 is 11.3 Å². The van der Waals surface area contributed by atoms with Gasteiger partial charge in [-0.1, -0.05) is 19.1 Å². The van der Waals surface area contributed by atoms with Gasteiger partial charge in [0, 0.05) is 4.88 Å². The van der Waals surface area contributed by atoms with E-state index in [1.54, 1.807) is 31.2 Å². The predicted octanol–water partition coefficient (Wildman–Crippen LogP) is 3.63. The first-order valence-electron chi connectivity index (χ1n) is 8.28. The van der Waals surface area contributed by atoms with Crippen LogP contribution in [-0.2, 0) is 16.0 Å². The second-order valence-corrected chi connectivity index (χ2v) is 6.63. The highest BCUT2D eigenvalue weighted by Crippen LogP contribution is 2.34. The van der Waals surface area contributed by atoms with Crippen molar-refractivity contribution in [3.8, 4) is 5.75 Å². The molecule has 0 bridgehead atoms. The van der Waals surface area contributed by atoms with Crippen LogP contribution in [0.3, 0.4) is 0 Å². The van der Waals surface area contributed by atoms with Gasteiger partial charge in [-0.15, -0.1) is 11.3 Å². The van der Waals surface area contributed by atoms with Gasteiger partial charge in [0.05, 0.1) is 17.7 Å². The quantitative estimate of drug-likeness (QED) is 0.563. The molecule has 26 heavy (non-hydrogen) atoms. The molecule has 0 saturated carbocycles. The number of hydrogen-bond acceptors (Lipinski definition) is 6. The molecule has 1 aromatic heterocycles. The van der Waals surface area contributed by atoms with Crippen LogP contribution in [-0.4, -0.2) is 31.4 Å². The second kappa shape index (κ2) is 9.15. The molecule has 0 atom stereocenters. The highest BCUT2D eigenvalue weighted by Gasteiger charge is 2.23. The summed E-state index contributed by atoms with van der Waals surface area (Å²) in [6, 6.07) is 6.65. The minimum atomic E-state index is -0.448. The van der Waals surface area contributed by atoms with Crippen molar-refractivity contribution < 1.29 is 23.9 Å². The van der Waals surface area contributed by atoms with Crippen molar-refractivity contribution in [2.45, 2.75) is 27.2 Å². The summed E-state index contributed by atoms with van der Waals surface area (Å²) in [5.74, 6) is -0.531. The molecule has 6 nitrogen and oxygen atoms in total. The Kier molecular flexibility index (Phi) is 6.91. The zero-order chi connectivity index (χ0) is 19.1. The van der Waals surface area contributed by atoms with Gasteiger partial charge in [0.15, 0.2) is 12.9 Å². The van der Waals surface area contributed by atoms with E-state index in [9.17, 15) is 14.4 Å². The van der Waals surface area contributed by atoms with Gasteiger partial charge in [-0.25, -0.2) is 4.79 Å². The fourth-order valence-corrected chi connectivity index (χ4v) is 3.68. The maximum absolute atomic E-state index is 12.3. The molecular formula is C19H21NO5S. The summed E-state index contributed by atoms with van der Waals surface area (Å²) < 4.78 is 10.5. The average Bonchev–Trinajstić information content (AvgIpc) is 2.95. The zero-order valence-electron chi connectivity index (χ0n) is 15.0. The van der Waals surface area contributed by atoms with Crippen molar-refractivity contribution in [3.05, 3.63) is 45.8 Å². The zero-order valence-corrected chi connectivity index (χ0v) is 15.8. The summed E-state index contributed by atoms with van der Waals surface area (Å²) in [6.07, 6.45) is 1.33. The molecule has 1 N–H and O–H groups in total. The minimum absolute atomic E-state index is 0.260. The molecule has 7 heteroatoms. The Hall–Kier alpha value is -2.67. The molecule has 138 valence electrons. The van der Waals surface area contributed by atoms with Gasteiger partial charge in [-0.2, -0.15) is 0 Å². The van der Waals surface area contributed by atoms with Crippen molar-refractivity contribution in [2.75, 3.05) is 18.5 Å². The van der Waals surface area contributed by atoms with Gasteiger partial charge >= 0.3 is 5.97 Å². The number of aldehydes is 1. The van der Waals surface area contributed by atoms with E-state index in [4.69, 9.17) is 9.47 Å². The molecule has 0 radical (unpaired) electrons. The number of carbonyl (C=O) groups excluding carboxylic acids is 3. The summed E-state index contributed by atoms with van der Waals surface area (Å²) in [4.78, 5) is 36.5. The normalized spacial score (nSPS) is 10.3. The maximum atomic E-state index is 12.3. The summed E-state index contributed by atoms with van der Waals surface area (Å²) in [6.45, 7) is 5.57. The smallest absolute Gasteiger partial charge is 0.341 e. The second-order valence-electron chi connectivity index (χ2n) is 5.41. The molecule has 0 spiro atoms. The molecule has 0 fully saturated rings. The van der Waals surface area contributed by atoms with Crippen molar-refractivity contribution in [2.24, 2.45) is 0 Å². The van der Waals surface area contributed by atoms with Crippen LogP contribution in [0.5, 0.6) is 5.75 Å². The van der Waals surface area contributed by atoms with E-state index in [-0.39, 0.29) is 13.2 Å². The van der Waals surface area contributed by atoms with Crippen molar-refractivity contribution in [1.29, 1.82) is 0 Å². The van der Waals surface area contributed by atoms with E-state index in [0.717, 1.165) is 10.4 Å². The fraction of sp³-hybridized carbons (Fsp3) is 0.316. The summed E-state index contributed by atoms with van der Waals surface area (Å²) in [7, 11) is 0. The lowest BCUT2D eigenvalue weighted by atomic mass is 10.1. The minimum Gasteiger partial charge on any atom is -0.483 e. The first kappa shape index (κ1) is 19.7. The lowest BCUT2D eigenvalue weighted by Crippen LogP contribution is -2.21. The number of ether oxygens (including phenoxy) is 2. The van der Waals surface area contributed by atoms with Crippen LogP contribution in [0.25, 0.3) is 0 Å². The molecule has 1 aromatic carbocycles. The number of nitrogens with one attached hydrogen (secondary N) is 1. The number of carbonyl (C=O) groups is 3. The number of anilines is 1. The van der Waals surface area contributed by atoms with E-state index in [1.165, 1.54) is 11.3 Å². The van der Waals surface area contributed by atoms with Crippen LogP contribution in [0.4, 0.5) is 5.00 Å². The Morgan fingerprint density at radius 2 is 1.96 bits per heavy atom. The largest absolute Gasteiger partial charge is 0.483 e. The number of thiophene rings is 1. The first-order chi connectivity index (χ1) is 12.5. The number of esters is 1. The molecule has 2 aromatic rings. The van der Waals surface area contributed by atoms with Crippen LogP contribution in [0.15, 0.2) is 24.3 Å². The molecule has 0 aliphatic rings.